The molecule has 0 aliphatic heterocycles. The number of hydrogen-bond donors (Lipinski definition) is 3. The van der Waals surface area contributed by atoms with Crippen LogP contribution in [-0.4, -0.2) is 36.0 Å². The lowest BCUT2D eigenvalue weighted by Gasteiger charge is -2.11. The normalized spacial score (nSPS) is 13.9. The topological polar surface area (TPSA) is 112 Å². The Kier molecular flexibility index (Phi) is 5.43. The SMILES string of the molecule is O=C(Nc1cncc(-c2cc3c(-c4cc5c(-c6ccncc6)cccc5[nH]4)n[nH]c3cn2)c1)C1CCCC1. The minimum absolute atomic E-state index is 0.0759. The summed E-state index contributed by atoms with van der Waals surface area (Å²) < 4.78 is 0. The van der Waals surface area contributed by atoms with Gasteiger partial charge in [-0.1, -0.05) is 25.0 Å². The third-order valence-corrected chi connectivity index (χ3v) is 7.39. The maximum absolute atomic E-state index is 12.6. The molecule has 186 valence electrons. The van der Waals surface area contributed by atoms with Crippen molar-refractivity contribution >= 4 is 33.4 Å². The summed E-state index contributed by atoms with van der Waals surface area (Å²) in [6.45, 7) is 0. The molecular formula is C30H25N7O. The molecular weight excluding hydrogens is 474 g/mol. The van der Waals surface area contributed by atoms with Crippen LogP contribution in [-0.2, 0) is 4.79 Å². The molecule has 1 fully saturated rings. The lowest BCUT2D eigenvalue weighted by molar-refractivity contribution is -0.119. The third-order valence-electron chi connectivity index (χ3n) is 7.39. The second kappa shape index (κ2) is 9.23. The molecule has 5 heterocycles. The molecule has 1 aliphatic carbocycles. The average Bonchev–Trinajstić information content (AvgIpc) is 3.73. The fraction of sp³-hybridized carbons (Fsp3) is 0.167. The van der Waals surface area contributed by atoms with Crippen LogP contribution < -0.4 is 5.32 Å². The minimum Gasteiger partial charge on any atom is -0.353 e. The molecule has 0 atom stereocenters. The Morgan fingerprint density at radius 1 is 0.868 bits per heavy atom. The zero-order chi connectivity index (χ0) is 25.5. The van der Waals surface area contributed by atoms with E-state index in [-0.39, 0.29) is 11.8 Å². The number of nitrogens with one attached hydrogen (secondary N) is 3. The van der Waals surface area contributed by atoms with Gasteiger partial charge < -0.3 is 10.3 Å². The fourth-order valence-electron chi connectivity index (χ4n) is 5.43. The van der Waals surface area contributed by atoms with Crippen molar-refractivity contribution in [2.24, 2.45) is 5.92 Å². The molecule has 0 spiro atoms. The standard InChI is InChI=1S/C30H25N7O/c38-30(19-4-1-2-5-19)34-21-12-20(15-32-16-21)26-14-24-28(17-33-26)36-37-29(24)27-13-23-22(6-3-7-25(23)35-27)18-8-10-31-11-9-18/h3,6-17,19,35H,1-2,4-5H2,(H,34,38)(H,36,37). The van der Waals surface area contributed by atoms with E-state index in [2.05, 4.69) is 59.7 Å². The number of aromatic nitrogens is 6. The number of H-pyrrole nitrogens is 2. The van der Waals surface area contributed by atoms with E-state index >= 15 is 0 Å². The van der Waals surface area contributed by atoms with Gasteiger partial charge in [0, 0.05) is 46.4 Å². The Bertz CT molecular complexity index is 1780. The highest BCUT2D eigenvalue weighted by Crippen LogP contribution is 2.35. The van der Waals surface area contributed by atoms with Crippen molar-refractivity contribution in [3.8, 4) is 33.8 Å². The molecule has 38 heavy (non-hydrogen) atoms. The second-order valence-electron chi connectivity index (χ2n) is 9.81. The predicted molar refractivity (Wildman–Crippen MR) is 148 cm³/mol. The Hall–Kier alpha value is -4.85. The van der Waals surface area contributed by atoms with E-state index in [1.54, 1.807) is 18.6 Å². The number of nitrogens with zero attached hydrogens (tertiary/aromatic N) is 4. The van der Waals surface area contributed by atoms with Crippen molar-refractivity contribution in [3.63, 3.8) is 0 Å². The van der Waals surface area contributed by atoms with E-state index in [0.29, 0.717) is 5.69 Å². The maximum Gasteiger partial charge on any atom is 0.227 e. The Labute approximate surface area is 218 Å². The summed E-state index contributed by atoms with van der Waals surface area (Å²) in [7, 11) is 0. The van der Waals surface area contributed by atoms with Gasteiger partial charge in [-0.05, 0) is 60.4 Å². The number of hydrogen-bond acceptors (Lipinski definition) is 5. The number of rotatable bonds is 5. The molecule has 6 aromatic rings. The summed E-state index contributed by atoms with van der Waals surface area (Å²) in [5.74, 6) is 0.170. The summed E-state index contributed by atoms with van der Waals surface area (Å²) in [6.07, 6.45) is 13.0. The minimum atomic E-state index is 0.0759. The predicted octanol–water partition coefficient (Wildman–Crippen LogP) is 6.36. The van der Waals surface area contributed by atoms with E-state index in [0.717, 1.165) is 81.3 Å². The van der Waals surface area contributed by atoms with Gasteiger partial charge in [0.15, 0.2) is 0 Å². The van der Waals surface area contributed by atoms with E-state index in [9.17, 15) is 4.79 Å². The number of benzene rings is 1. The van der Waals surface area contributed by atoms with Crippen LogP contribution in [0, 0.1) is 5.92 Å². The molecule has 0 radical (unpaired) electrons. The maximum atomic E-state index is 12.6. The van der Waals surface area contributed by atoms with Gasteiger partial charge in [-0.25, -0.2) is 0 Å². The Morgan fingerprint density at radius 2 is 1.74 bits per heavy atom. The average molecular weight is 500 g/mol. The fourth-order valence-corrected chi connectivity index (χ4v) is 5.43. The van der Waals surface area contributed by atoms with E-state index in [4.69, 9.17) is 0 Å². The van der Waals surface area contributed by atoms with Crippen LogP contribution in [0.2, 0.25) is 0 Å². The summed E-state index contributed by atoms with van der Waals surface area (Å²) in [5, 5.41) is 12.8. The van der Waals surface area contributed by atoms with Crippen LogP contribution in [0.15, 0.2) is 79.5 Å². The van der Waals surface area contributed by atoms with Gasteiger partial charge in [-0.3, -0.25) is 24.8 Å². The molecule has 1 aliphatic rings. The van der Waals surface area contributed by atoms with Crippen molar-refractivity contribution in [1.82, 2.24) is 30.1 Å². The first kappa shape index (κ1) is 22.4. The van der Waals surface area contributed by atoms with Gasteiger partial charge in [0.05, 0.1) is 35.0 Å². The van der Waals surface area contributed by atoms with Crippen molar-refractivity contribution in [2.75, 3.05) is 5.32 Å². The highest BCUT2D eigenvalue weighted by Gasteiger charge is 2.23. The zero-order valence-electron chi connectivity index (χ0n) is 20.6. The molecule has 0 bridgehead atoms. The van der Waals surface area contributed by atoms with Crippen molar-refractivity contribution < 1.29 is 4.79 Å². The smallest absolute Gasteiger partial charge is 0.227 e. The molecule has 1 saturated carbocycles. The molecule has 8 nitrogen and oxygen atoms in total. The summed E-state index contributed by atoms with van der Waals surface area (Å²) in [6, 6.07) is 16.4. The first-order valence-electron chi connectivity index (χ1n) is 12.9. The first-order chi connectivity index (χ1) is 18.7. The number of fused-ring (bicyclic) bond motifs is 2. The number of carbonyl (C=O) groups is 1. The number of pyridine rings is 3. The molecule has 8 heteroatoms. The van der Waals surface area contributed by atoms with Crippen molar-refractivity contribution in [3.05, 3.63) is 79.5 Å². The molecule has 0 unspecified atom stereocenters. The molecule has 1 amide bonds. The van der Waals surface area contributed by atoms with Crippen LogP contribution >= 0.6 is 0 Å². The molecule has 3 N–H and O–H groups in total. The van der Waals surface area contributed by atoms with Crippen LogP contribution in [0.5, 0.6) is 0 Å². The van der Waals surface area contributed by atoms with Crippen LogP contribution in [0.4, 0.5) is 5.69 Å². The second-order valence-corrected chi connectivity index (χ2v) is 9.81. The van der Waals surface area contributed by atoms with Crippen LogP contribution in [0.1, 0.15) is 25.7 Å². The Balaban J connectivity index is 1.25. The molecule has 7 rings (SSSR count). The van der Waals surface area contributed by atoms with Crippen LogP contribution in [0.3, 0.4) is 0 Å². The van der Waals surface area contributed by atoms with Crippen molar-refractivity contribution in [2.45, 2.75) is 25.7 Å². The number of aromatic amines is 2. The molecule has 5 aromatic heterocycles. The van der Waals surface area contributed by atoms with Crippen LogP contribution in [0.25, 0.3) is 55.6 Å². The van der Waals surface area contributed by atoms with Gasteiger partial charge in [-0.15, -0.1) is 0 Å². The highest BCUT2D eigenvalue weighted by molar-refractivity contribution is 6.01. The monoisotopic (exact) mass is 499 g/mol. The summed E-state index contributed by atoms with van der Waals surface area (Å²) in [4.78, 5) is 29.3. The highest BCUT2D eigenvalue weighted by atomic mass is 16.1. The van der Waals surface area contributed by atoms with Crippen molar-refractivity contribution in [1.29, 1.82) is 0 Å². The van der Waals surface area contributed by atoms with Gasteiger partial charge in [0.25, 0.3) is 0 Å². The molecule has 0 saturated heterocycles. The number of anilines is 1. The van der Waals surface area contributed by atoms with Gasteiger partial charge in [0.1, 0.15) is 5.69 Å². The zero-order valence-corrected chi connectivity index (χ0v) is 20.6. The summed E-state index contributed by atoms with van der Waals surface area (Å²) >= 11 is 0. The van der Waals surface area contributed by atoms with E-state index < -0.39 is 0 Å². The number of carbonyl (C=O) groups excluding carboxylic acids is 1. The summed E-state index contributed by atoms with van der Waals surface area (Å²) in [5.41, 5.74) is 8.15. The molecule has 1 aromatic carbocycles. The quantitative estimate of drug-likeness (QED) is 0.256. The van der Waals surface area contributed by atoms with Gasteiger partial charge in [-0.2, -0.15) is 5.10 Å². The van der Waals surface area contributed by atoms with E-state index in [1.165, 1.54) is 0 Å². The first-order valence-corrected chi connectivity index (χ1v) is 12.9. The van der Waals surface area contributed by atoms with Gasteiger partial charge in [0.2, 0.25) is 5.91 Å². The van der Waals surface area contributed by atoms with E-state index in [1.807, 2.05) is 36.7 Å². The third kappa shape index (κ3) is 4.00. The number of amides is 1. The van der Waals surface area contributed by atoms with Gasteiger partial charge >= 0.3 is 0 Å². The Morgan fingerprint density at radius 3 is 2.61 bits per heavy atom. The lowest BCUT2D eigenvalue weighted by atomic mass is 10.0. The largest absolute Gasteiger partial charge is 0.353 e. The lowest BCUT2D eigenvalue weighted by Crippen LogP contribution is -2.20.